The van der Waals surface area contributed by atoms with Crippen molar-refractivity contribution in [2.24, 2.45) is 5.92 Å². The highest BCUT2D eigenvalue weighted by molar-refractivity contribution is 6.39. The van der Waals surface area contributed by atoms with Crippen LogP contribution < -0.4 is 10.6 Å². The van der Waals surface area contributed by atoms with Crippen LogP contribution in [-0.2, 0) is 9.59 Å². The van der Waals surface area contributed by atoms with Gasteiger partial charge in [-0.2, -0.15) is 0 Å². The van der Waals surface area contributed by atoms with Crippen LogP contribution in [0.4, 0.5) is 5.69 Å². The molecule has 126 valence electrons. The Kier molecular flexibility index (Phi) is 5.80. The Bertz CT molecular complexity index is 564. The maximum atomic E-state index is 12.2. The van der Waals surface area contributed by atoms with Crippen LogP contribution in [-0.4, -0.2) is 17.9 Å². The summed E-state index contributed by atoms with van der Waals surface area (Å²) in [7, 11) is 0. The number of hydrogen-bond acceptors (Lipinski definition) is 2. The van der Waals surface area contributed by atoms with Gasteiger partial charge in [0.1, 0.15) is 0 Å². The number of carbonyl (C=O) groups excluding carboxylic acids is 2. The van der Waals surface area contributed by atoms with Crippen molar-refractivity contribution in [1.82, 2.24) is 5.32 Å². The number of aryl methyl sites for hydroxylation is 3. The fourth-order valence-electron chi connectivity index (χ4n) is 3.51. The third kappa shape index (κ3) is 4.57. The minimum absolute atomic E-state index is 0.135. The van der Waals surface area contributed by atoms with Crippen molar-refractivity contribution in [2.75, 3.05) is 5.32 Å². The van der Waals surface area contributed by atoms with Gasteiger partial charge >= 0.3 is 11.8 Å². The van der Waals surface area contributed by atoms with Crippen molar-refractivity contribution in [3.63, 3.8) is 0 Å². The molecule has 0 spiro atoms. The van der Waals surface area contributed by atoms with Gasteiger partial charge in [-0.05, 0) is 63.5 Å². The first-order valence-corrected chi connectivity index (χ1v) is 8.60. The van der Waals surface area contributed by atoms with Gasteiger partial charge in [-0.25, -0.2) is 0 Å². The van der Waals surface area contributed by atoms with Crippen LogP contribution in [0.3, 0.4) is 0 Å². The Morgan fingerprint density at radius 2 is 1.57 bits per heavy atom. The van der Waals surface area contributed by atoms with E-state index in [1.165, 1.54) is 6.42 Å². The van der Waals surface area contributed by atoms with Gasteiger partial charge in [0.15, 0.2) is 0 Å². The van der Waals surface area contributed by atoms with Gasteiger partial charge in [0.05, 0.1) is 0 Å². The highest BCUT2D eigenvalue weighted by Gasteiger charge is 2.24. The highest BCUT2D eigenvalue weighted by atomic mass is 16.2. The Labute approximate surface area is 139 Å². The third-order valence-electron chi connectivity index (χ3n) is 4.88. The summed E-state index contributed by atoms with van der Waals surface area (Å²) in [6.07, 6.45) is 5.42. The molecule has 4 heteroatoms. The quantitative estimate of drug-likeness (QED) is 0.837. The van der Waals surface area contributed by atoms with Crippen molar-refractivity contribution in [2.45, 2.75) is 65.8 Å². The molecule has 1 saturated carbocycles. The highest BCUT2D eigenvalue weighted by Crippen LogP contribution is 2.26. The summed E-state index contributed by atoms with van der Waals surface area (Å²) in [4.78, 5) is 24.3. The number of benzene rings is 1. The van der Waals surface area contributed by atoms with E-state index in [2.05, 4.69) is 17.6 Å². The average molecular weight is 316 g/mol. The van der Waals surface area contributed by atoms with Gasteiger partial charge in [-0.1, -0.05) is 31.0 Å². The SMILES string of the molecule is CCC1CCC(NC(=O)C(=O)Nc2c(C)cc(C)cc2C)CC1. The van der Waals surface area contributed by atoms with E-state index in [9.17, 15) is 9.59 Å². The van der Waals surface area contributed by atoms with Crippen molar-refractivity contribution in [3.05, 3.63) is 28.8 Å². The molecule has 1 aromatic carbocycles. The van der Waals surface area contributed by atoms with E-state index in [0.29, 0.717) is 0 Å². The molecule has 2 rings (SSSR count). The van der Waals surface area contributed by atoms with Gasteiger partial charge in [0.25, 0.3) is 0 Å². The zero-order chi connectivity index (χ0) is 17.0. The summed E-state index contributed by atoms with van der Waals surface area (Å²) in [5.41, 5.74) is 3.85. The second-order valence-corrected chi connectivity index (χ2v) is 6.83. The van der Waals surface area contributed by atoms with Crippen molar-refractivity contribution in [3.8, 4) is 0 Å². The van der Waals surface area contributed by atoms with E-state index in [1.807, 2.05) is 32.9 Å². The molecule has 1 fully saturated rings. The topological polar surface area (TPSA) is 58.2 Å². The van der Waals surface area contributed by atoms with E-state index >= 15 is 0 Å². The first-order chi connectivity index (χ1) is 10.9. The van der Waals surface area contributed by atoms with Crippen molar-refractivity contribution in [1.29, 1.82) is 0 Å². The Hall–Kier alpha value is -1.84. The predicted molar refractivity (Wildman–Crippen MR) is 93.5 cm³/mol. The second-order valence-electron chi connectivity index (χ2n) is 6.83. The molecular formula is C19H28N2O2. The lowest BCUT2D eigenvalue weighted by atomic mass is 9.84. The standard InChI is InChI=1S/C19H28N2O2/c1-5-15-6-8-16(9-7-15)20-18(22)19(23)21-17-13(3)10-12(2)11-14(17)4/h10-11,15-16H,5-9H2,1-4H3,(H,20,22)(H,21,23). The van der Waals surface area contributed by atoms with E-state index < -0.39 is 11.8 Å². The molecule has 0 heterocycles. The molecule has 23 heavy (non-hydrogen) atoms. The molecule has 4 nitrogen and oxygen atoms in total. The molecule has 0 radical (unpaired) electrons. The van der Waals surface area contributed by atoms with Crippen LogP contribution >= 0.6 is 0 Å². The number of amides is 2. The minimum Gasteiger partial charge on any atom is -0.345 e. The molecule has 1 aliphatic rings. The zero-order valence-electron chi connectivity index (χ0n) is 14.7. The van der Waals surface area contributed by atoms with Crippen LogP contribution in [0.5, 0.6) is 0 Å². The first kappa shape index (κ1) is 17.5. The number of nitrogens with one attached hydrogen (secondary N) is 2. The lowest BCUT2D eigenvalue weighted by Gasteiger charge is -2.28. The Balaban J connectivity index is 1.92. The molecule has 0 atom stereocenters. The van der Waals surface area contributed by atoms with E-state index in [4.69, 9.17) is 0 Å². The zero-order valence-corrected chi connectivity index (χ0v) is 14.7. The number of hydrogen-bond donors (Lipinski definition) is 2. The maximum Gasteiger partial charge on any atom is 0.313 e. The van der Waals surface area contributed by atoms with Crippen molar-refractivity contribution >= 4 is 17.5 Å². The molecule has 0 aromatic heterocycles. The smallest absolute Gasteiger partial charge is 0.313 e. The molecule has 0 bridgehead atoms. The summed E-state index contributed by atoms with van der Waals surface area (Å²) >= 11 is 0. The van der Waals surface area contributed by atoms with Gasteiger partial charge in [0.2, 0.25) is 0 Å². The lowest BCUT2D eigenvalue weighted by molar-refractivity contribution is -0.136. The molecular weight excluding hydrogens is 288 g/mol. The normalized spacial score (nSPS) is 20.9. The summed E-state index contributed by atoms with van der Waals surface area (Å²) in [5.74, 6) is -0.322. The average Bonchev–Trinajstić information content (AvgIpc) is 2.51. The van der Waals surface area contributed by atoms with Gasteiger partial charge < -0.3 is 10.6 Å². The fourth-order valence-corrected chi connectivity index (χ4v) is 3.51. The second kappa shape index (κ2) is 7.62. The third-order valence-corrected chi connectivity index (χ3v) is 4.88. The van der Waals surface area contributed by atoms with Crippen molar-refractivity contribution < 1.29 is 9.59 Å². The summed E-state index contributed by atoms with van der Waals surface area (Å²) < 4.78 is 0. The minimum atomic E-state index is -0.572. The monoisotopic (exact) mass is 316 g/mol. The number of rotatable bonds is 3. The first-order valence-electron chi connectivity index (χ1n) is 8.60. The fraction of sp³-hybridized carbons (Fsp3) is 0.579. The maximum absolute atomic E-state index is 12.2. The predicted octanol–water partition coefficient (Wildman–Crippen LogP) is 3.64. The molecule has 1 aromatic rings. The largest absolute Gasteiger partial charge is 0.345 e. The molecule has 0 saturated heterocycles. The van der Waals surface area contributed by atoms with E-state index in [1.54, 1.807) is 0 Å². The number of carbonyl (C=O) groups is 2. The van der Waals surface area contributed by atoms with Gasteiger partial charge in [-0.15, -0.1) is 0 Å². The van der Waals surface area contributed by atoms with Gasteiger partial charge in [0, 0.05) is 11.7 Å². The van der Waals surface area contributed by atoms with Crippen LogP contribution in [0.15, 0.2) is 12.1 Å². The molecule has 2 N–H and O–H groups in total. The Morgan fingerprint density at radius 1 is 1.00 bits per heavy atom. The molecule has 0 aliphatic heterocycles. The van der Waals surface area contributed by atoms with Crippen LogP contribution in [0.25, 0.3) is 0 Å². The molecule has 2 amide bonds. The van der Waals surface area contributed by atoms with Crippen LogP contribution in [0.2, 0.25) is 0 Å². The summed E-state index contributed by atoms with van der Waals surface area (Å²) in [5, 5.41) is 5.65. The summed E-state index contributed by atoms with van der Waals surface area (Å²) in [6, 6.07) is 4.15. The van der Waals surface area contributed by atoms with E-state index in [0.717, 1.165) is 54.0 Å². The van der Waals surface area contributed by atoms with Crippen LogP contribution in [0, 0.1) is 26.7 Å². The lowest BCUT2D eigenvalue weighted by Crippen LogP contribution is -2.43. The van der Waals surface area contributed by atoms with Crippen LogP contribution in [0.1, 0.15) is 55.7 Å². The Morgan fingerprint density at radius 3 is 2.09 bits per heavy atom. The molecule has 0 unspecified atom stereocenters. The van der Waals surface area contributed by atoms with E-state index in [-0.39, 0.29) is 6.04 Å². The number of anilines is 1. The van der Waals surface area contributed by atoms with Gasteiger partial charge in [-0.3, -0.25) is 9.59 Å². The summed E-state index contributed by atoms with van der Waals surface area (Å²) in [6.45, 7) is 8.12. The molecule has 1 aliphatic carbocycles.